The highest BCUT2D eigenvalue weighted by Crippen LogP contribution is 2.14. The molecular weight excluding hydrogens is 195 g/mol. The van der Waals surface area contributed by atoms with Crippen LogP contribution in [0.3, 0.4) is 0 Å². The SMILES string of the molecule is CCCCCCCC(F)OC(O)C(C)C. The molecule has 0 aliphatic heterocycles. The Hall–Kier alpha value is -0.150. The van der Waals surface area contributed by atoms with Crippen LogP contribution in [0.5, 0.6) is 0 Å². The Kier molecular flexibility index (Phi) is 9.01. The van der Waals surface area contributed by atoms with Crippen LogP contribution in [0, 0.1) is 5.92 Å². The van der Waals surface area contributed by atoms with E-state index in [0.29, 0.717) is 6.42 Å². The first-order chi connectivity index (χ1) is 7.07. The molecule has 0 amide bonds. The minimum absolute atomic E-state index is 0.0525. The van der Waals surface area contributed by atoms with Crippen LogP contribution in [-0.4, -0.2) is 17.8 Å². The Labute approximate surface area is 92.8 Å². The molecule has 15 heavy (non-hydrogen) atoms. The third-order valence-corrected chi connectivity index (χ3v) is 2.39. The minimum atomic E-state index is -1.32. The number of aliphatic hydroxyl groups excluding tert-OH is 1. The summed E-state index contributed by atoms with van der Waals surface area (Å²) in [6.07, 6.45) is 3.57. The molecule has 0 saturated carbocycles. The van der Waals surface area contributed by atoms with Gasteiger partial charge in [-0.25, -0.2) is 4.39 Å². The summed E-state index contributed by atoms with van der Waals surface area (Å²) in [5.41, 5.74) is 0. The molecule has 92 valence electrons. The molecule has 0 radical (unpaired) electrons. The Morgan fingerprint density at radius 2 is 1.73 bits per heavy atom. The lowest BCUT2D eigenvalue weighted by atomic mass is 10.1. The molecule has 0 aliphatic carbocycles. The second-order valence-corrected chi connectivity index (χ2v) is 4.38. The fraction of sp³-hybridized carbons (Fsp3) is 1.00. The Bertz CT molecular complexity index is 140. The minimum Gasteiger partial charge on any atom is -0.368 e. The number of aliphatic hydroxyl groups is 1. The van der Waals surface area contributed by atoms with Gasteiger partial charge in [-0.3, -0.25) is 0 Å². The summed E-state index contributed by atoms with van der Waals surface area (Å²) in [6, 6.07) is 0. The van der Waals surface area contributed by atoms with E-state index in [9.17, 15) is 9.50 Å². The molecule has 1 N–H and O–H groups in total. The molecule has 0 aromatic heterocycles. The van der Waals surface area contributed by atoms with Gasteiger partial charge in [-0.15, -0.1) is 0 Å². The van der Waals surface area contributed by atoms with Crippen LogP contribution in [0.25, 0.3) is 0 Å². The third kappa shape index (κ3) is 8.82. The van der Waals surface area contributed by atoms with Crippen LogP contribution in [0.4, 0.5) is 4.39 Å². The van der Waals surface area contributed by atoms with Gasteiger partial charge in [0.05, 0.1) is 0 Å². The highest BCUT2D eigenvalue weighted by Gasteiger charge is 2.15. The number of alkyl halides is 1. The predicted octanol–water partition coefficient (Wildman–Crippen LogP) is 3.63. The molecular formula is C12H25FO2. The van der Waals surface area contributed by atoms with Crippen LogP contribution in [0.15, 0.2) is 0 Å². The van der Waals surface area contributed by atoms with Crippen molar-refractivity contribution in [2.24, 2.45) is 5.92 Å². The lowest BCUT2D eigenvalue weighted by Gasteiger charge is -2.18. The van der Waals surface area contributed by atoms with Gasteiger partial charge in [0.15, 0.2) is 6.29 Å². The molecule has 2 nitrogen and oxygen atoms in total. The molecule has 0 bridgehead atoms. The van der Waals surface area contributed by atoms with Gasteiger partial charge in [0.2, 0.25) is 6.36 Å². The predicted molar refractivity (Wildman–Crippen MR) is 60.2 cm³/mol. The molecule has 0 aliphatic rings. The van der Waals surface area contributed by atoms with E-state index in [4.69, 9.17) is 4.74 Å². The van der Waals surface area contributed by atoms with Crippen molar-refractivity contribution in [1.82, 2.24) is 0 Å². The Morgan fingerprint density at radius 3 is 2.27 bits per heavy atom. The maximum Gasteiger partial charge on any atom is 0.201 e. The van der Waals surface area contributed by atoms with Crippen LogP contribution in [0.2, 0.25) is 0 Å². The van der Waals surface area contributed by atoms with Crippen molar-refractivity contribution in [3.05, 3.63) is 0 Å². The van der Waals surface area contributed by atoms with E-state index in [0.717, 1.165) is 19.3 Å². The summed E-state index contributed by atoms with van der Waals surface area (Å²) >= 11 is 0. The normalized spacial score (nSPS) is 15.6. The molecule has 2 unspecified atom stereocenters. The summed E-state index contributed by atoms with van der Waals surface area (Å²) in [5.74, 6) is -0.0525. The maximum atomic E-state index is 13.1. The fourth-order valence-corrected chi connectivity index (χ4v) is 1.28. The molecule has 3 heteroatoms. The van der Waals surface area contributed by atoms with Crippen molar-refractivity contribution in [2.75, 3.05) is 0 Å². The van der Waals surface area contributed by atoms with Gasteiger partial charge in [0.1, 0.15) is 0 Å². The highest BCUT2D eigenvalue weighted by atomic mass is 19.1. The molecule has 2 atom stereocenters. The average molecular weight is 220 g/mol. The van der Waals surface area contributed by atoms with E-state index in [1.807, 2.05) is 0 Å². The van der Waals surface area contributed by atoms with Crippen LogP contribution in [-0.2, 0) is 4.74 Å². The first kappa shape index (κ1) is 14.8. The smallest absolute Gasteiger partial charge is 0.201 e. The Balaban J connectivity index is 3.36. The monoisotopic (exact) mass is 220 g/mol. The summed E-state index contributed by atoms with van der Waals surface area (Å²) in [4.78, 5) is 0. The zero-order valence-corrected chi connectivity index (χ0v) is 10.2. The highest BCUT2D eigenvalue weighted by molar-refractivity contribution is 4.51. The molecule has 0 aromatic carbocycles. The number of rotatable bonds is 9. The largest absolute Gasteiger partial charge is 0.368 e. The quantitative estimate of drug-likeness (QED) is 0.475. The molecule has 0 rings (SSSR count). The van der Waals surface area contributed by atoms with Gasteiger partial charge in [-0.05, 0) is 6.42 Å². The van der Waals surface area contributed by atoms with Gasteiger partial charge in [-0.1, -0.05) is 46.5 Å². The van der Waals surface area contributed by atoms with Gasteiger partial charge >= 0.3 is 0 Å². The zero-order valence-electron chi connectivity index (χ0n) is 10.2. The maximum absolute atomic E-state index is 13.1. The van der Waals surface area contributed by atoms with Crippen molar-refractivity contribution in [2.45, 2.75) is 71.9 Å². The van der Waals surface area contributed by atoms with Gasteiger partial charge < -0.3 is 9.84 Å². The lowest BCUT2D eigenvalue weighted by Crippen LogP contribution is -2.23. The number of hydrogen-bond donors (Lipinski definition) is 1. The number of unbranched alkanes of at least 4 members (excludes halogenated alkanes) is 4. The van der Waals surface area contributed by atoms with Gasteiger partial charge in [0.25, 0.3) is 0 Å². The molecule has 0 spiro atoms. The summed E-state index contributed by atoms with van der Waals surface area (Å²) < 4.78 is 17.9. The topological polar surface area (TPSA) is 29.5 Å². The first-order valence-electron chi connectivity index (χ1n) is 6.05. The summed E-state index contributed by atoms with van der Waals surface area (Å²) in [6.45, 7) is 5.76. The molecule has 0 aromatic rings. The second kappa shape index (κ2) is 9.10. The first-order valence-corrected chi connectivity index (χ1v) is 6.05. The number of ether oxygens (including phenoxy) is 1. The van der Waals surface area contributed by atoms with Crippen molar-refractivity contribution in [1.29, 1.82) is 0 Å². The van der Waals surface area contributed by atoms with Crippen molar-refractivity contribution in [3.63, 3.8) is 0 Å². The molecule has 0 heterocycles. The van der Waals surface area contributed by atoms with Crippen molar-refractivity contribution >= 4 is 0 Å². The van der Waals surface area contributed by atoms with E-state index < -0.39 is 12.6 Å². The standard InChI is InChI=1S/C12H25FO2/c1-4-5-6-7-8-9-11(13)15-12(14)10(2)3/h10-12,14H,4-9H2,1-3H3. The third-order valence-electron chi connectivity index (χ3n) is 2.39. The van der Waals surface area contributed by atoms with E-state index in [-0.39, 0.29) is 5.92 Å². The van der Waals surface area contributed by atoms with E-state index in [1.54, 1.807) is 13.8 Å². The lowest BCUT2D eigenvalue weighted by molar-refractivity contribution is -0.197. The zero-order chi connectivity index (χ0) is 11.7. The molecule has 0 saturated heterocycles. The number of halogens is 1. The van der Waals surface area contributed by atoms with Gasteiger partial charge in [-0.2, -0.15) is 0 Å². The van der Waals surface area contributed by atoms with Crippen LogP contribution >= 0.6 is 0 Å². The van der Waals surface area contributed by atoms with Crippen LogP contribution < -0.4 is 0 Å². The second-order valence-electron chi connectivity index (χ2n) is 4.38. The summed E-state index contributed by atoms with van der Waals surface area (Å²) in [5, 5.41) is 9.28. The van der Waals surface area contributed by atoms with Crippen molar-refractivity contribution < 1.29 is 14.2 Å². The average Bonchev–Trinajstić information content (AvgIpc) is 2.17. The number of hydrogen-bond acceptors (Lipinski definition) is 2. The fourth-order valence-electron chi connectivity index (χ4n) is 1.28. The molecule has 0 fully saturated rings. The van der Waals surface area contributed by atoms with E-state index in [2.05, 4.69) is 6.92 Å². The van der Waals surface area contributed by atoms with Gasteiger partial charge in [0, 0.05) is 12.3 Å². The van der Waals surface area contributed by atoms with E-state index >= 15 is 0 Å². The van der Waals surface area contributed by atoms with Crippen LogP contribution in [0.1, 0.15) is 59.3 Å². The Morgan fingerprint density at radius 1 is 1.13 bits per heavy atom. The van der Waals surface area contributed by atoms with E-state index in [1.165, 1.54) is 12.8 Å². The summed E-state index contributed by atoms with van der Waals surface area (Å²) in [7, 11) is 0. The van der Waals surface area contributed by atoms with Crippen molar-refractivity contribution in [3.8, 4) is 0 Å².